The van der Waals surface area contributed by atoms with E-state index in [2.05, 4.69) is 19.2 Å². The van der Waals surface area contributed by atoms with Crippen LogP contribution in [-0.4, -0.2) is 24.7 Å². The standard InChI is InChI=1S/C18H27NO3/c1-4-22-18(11-5-6-12-18)17(20)19-15-7-9-16(10-8-15)21-13-14(2)3/h7-10,14H,4-6,11-13H2,1-3H3,(H,19,20). The summed E-state index contributed by atoms with van der Waals surface area (Å²) in [5, 5.41) is 2.98. The van der Waals surface area contributed by atoms with Crippen LogP contribution in [0.4, 0.5) is 5.69 Å². The number of amides is 1. The van der Waals surface area contributed by atoms with Crippen molar-refractivity contribution in [3.8, 4) is 5.75 Å². The Kier molecular flexibility index (Phi) is 5.83. The number of anilines is 1. The molecule has 1 aromatic rings. The van der Waals surface area contributed by atoms with E-state index in [1.807, 2.05) is 31.2 Å². The van der Waals surface area contributed by atoms with Gasteiger partial charge in [-0.05, 0) is 62.8 Å². The topological polar surface area (TPSA) is 47.6 Å². The minimum Gasteiger partial charge on any atom is -0.493 e. The lowest BCUT2D eigenvalue weighted by atomic mass is 10.0. The Balaban J connectivity index is 1.96. The van der Waals surface area contributed by atoms with Gasteiger partial charge in [-0.1, -0.05) is 13.8 Å². The first kappa shape index (κ1) is 16.8. The summed E-state index contributed by atoms with van der Waals surface area (Å²) >= 11 is 0. The molecule has 0 radical (unpaired) electrons. The van der Waals surface area contributed by atoms with Gasteiger partial charge in [0, 0.05) is 12.3 Å². The molecule has 4 heteroatoms. The molecular formula is C18H27NO3. The summed E-state index contributed by atoms with van der Waals surface area (Å²) in [7, 11) is 0. The first-order valence-electron chi connectivity index (χ1n) is 8.24. The minimum absolute atomic E-state index is 0.0253. The summed E-state index contributed by atoms with van der Waals surface area (Å²) in [6, 6.07) is 7.53. The molecule has 1 aromatic carbocycles. The molecular weight excluding hydrogens is 278 g/mol. The van der Waals surface area contributed by atoms with Gasteiger partial charge in [-0.3, -0.25) is 4.79 Å². The van der Waals surface area contributed by atoms with E-state index >= 15 is 0 Å². The first-order chi connectivity index (χ1) is 10.6. The van der Waals surface area contributed by atoms with Crippen molar-refractivity contribution in [2.75, 3.05) is 18.5 Å². The number of rotatable bonds is 7. The summed E-state index contributed by atoms with van der Waals surface area (Å²) in [5.74, 6) is 1.29. The lowest BCUT2D eigenvalue weighted by Gasteiger charge is -2.27. The van der Waals surface area contributed by atoms with Crippen LogP contribution in [0.3, 0.4) is 0 Å². The molecule has 1 aliphatic rings. The molecule has 0 atom stereocenters. The summed E-state index contributed by atoms with van der Waals surface area (Å²) in [6.07, 6.45) is 3.72. The summed E-state index contributed by atoms with van der Waals surface area (Å²) in [5.41, 5.74) is 0.148. The maximum Gasteiger partial charge on any atom is 0.256 e. The SMILES string of the molecule is CCOC1(C(=O)Nc2ccc(OCC(C)C)cc2)CCCC1. The molecule has 122 valence electrons. The second-order valence-corrected chi connectivity index (χ2v) is 6.32. The Bertz CT molecular complexity index is 476. The molecule has 1 fully saturated rings. The van der Waals surface area contributed by atoms with Crippen molar-refractivity contribution in [2.45, 2.75) is 52.1 Å². The van der Waals surface area contributed by atoms with Gasteiger partial charge in [0.25, 0.3) is 5.91 Å². The number of hydrogen-bond acceptors (Lipinski definition) is 3. The van der Waals surface area contributed by atoms with E-state index in [-0.39, 0.29) is 5.91 Å². The minimum atomic E-state index is -0.637. The average molecular weight is 305 g/mol. The van der Waals surface area contributed by atoms with E-state index < -0.39 is 5.60 Å². The molecule has 0 aliphatic heterocycles. The molecule has 1 N–H and O–H groups in total. The zero-order chi connectivity index (χ0) is 16.0. The van der Waals surface area contributed by atoms with Crippen LogP contribution >= 0.6 is 0 Å². The number of carbonyl (C=O) groups is 1. The Labute approximate surface area is 133 Å². The zero-order valence-electron chi connectivity index (χ0n) is 13.9. The molecule has 1 amide bonds. The van der Waals surface area contributed by atoms with Crippen molar-refractivity contribution in [1.82, 2.24) is 0 Å². The highest BCUT2D eigenvalue weighted by atomic mass is 16.5. The monoisotopic (exact) mass is 305 g/mol. The van der Waals surface area contributed by atoms with Gasteiger partial charge >= 0.3 is 0 Å². The van der Waals surface area contributed by atoms with E-state index in [0.29, 0.717) is 19.1 Å². The first-order valence-corrected chi connectivity index (χ1v) is 8.24. The highest BCUT2D eigenvalue weighted by Crippen LogP contribution is 2.34. The molecule has 22 heavy (non-hydrogen) atoms. The summed E-state index contributed by atoms with van der Waals surface area (Å²) in [4.78, 5) is 12.6. The Hall–Kier alpha value is -1.55. The molecule has 0 aromatic heterocycles. The second kappa shape index (κ2) is 7.63. The van der Waals surface area contributed by atoms with Gasteiger partial charge in [-0.25, -0.2) is 0 Å². The van der Waals surface area contributed by atoms with Crippen LogP contribution in [0.2, 0.25) is 0 Å². The number of hydrogen-bond donors (Lipinski definition) is 1. The quantitative estimate of drug-likeness (QED) is 0.828. The molecule has 2 rings (SSSR count). The molecule has 4 nitrogen and oxygen atoms in total. The lowest BCUT2D eigenvalue weighted by molar-refractivity contribution is -0.140. The molecule has 1 aliphatic carbocycles. The third kappa shape index (κ3) is 4.23. The van der Waals surface area contributed by atoms with E-state index in [4.69, 9.17) is 9.47 Å². The molecule has 0 bridgehead atoms. The number of ether oxygens (including phenoxy) is 2. The van der Waals surface area contributed by atoms with Crippen LogP contribution in [0.25, 0.3) is 0 Å². The fraction of sp³-hybridized carbons (Fsp3) is 0.611. The number of carbonyl (C=O) groups excluding carboxylic acids is 1. The van der Waals surface area contributed by atoms with Crippen molar-refractivity contribution in [2.24, 2.45) is 5.92 Å². The molecule has 0 saturated heterocycles. The molecule has 0 unspecified atom stereocenters. The fourth-order valence-corrected chi connectivity index (χ4v) is 2.80. The predicted molar refractivity (Wildman–Crippen MR) is 88.2 cm³/mol. The number of nitrogens with one attached hydrogen (secondary N) is 1. The molecule has 0 heterocycles. The second-order valence-electron chi connectivity index (χ2n) is 6.32. The smallest absolute Gasteiger partial charge is 0.256 e. The van der Waals surface area contributed by atoms with Crippen LogP contribution in [0.15, 0.2) is 24.3 Å². The largest absolute Gasteiger partial charge is 0.493 e. The van der Waals surface area contributed by atoms with Crippen LogP contribution in [-0.2, 0) is 9.53 Å². The maximum absolute atomic E-state index is 12.6. The molecule has 0 spiro atoms. The average Bonchev–Trinajstić information content (AvgIpc) is 2.97. The van der Waals surface area contributed by atoms with Gasteiger partial charge in [0.1, 0.15) is 11.4 Å². The van der Waals surface area contributed by atoms with Crippen LogP contribution < -0.4 is 10.1 Å². The van der Waals surface area contributed by atoms with Gasteiger partial charge in [0.15, 0.2) is 0 Å². The van der Waals surface area contributed by atoms with Crippen molar-refractivity contribution in [3.63, 3.8) is 0 Å². The lowest BCUT2D eigenvalue weighted by Crippen LogP contribution is -2.43. The summed E-state index contributed by atoms with van der Waals surface area (Å²) in [6.45, 7) is 7.43. The van der Waals surface area contributed by atoms with Crippen molar-refractivity contribution in [1.29, 1.82) is 0 Å². The number of benzene rings is 1. The van der Waals surface area contributed by atoms with Crippen molar-refractivity contribution >= 4 is 11.6 Å². The Morgan fingerprint density at radius 2 is 1.86 bits per heavy atom. The van der Waals surface area contributed by atoms with E-state index in [1.165, 1.54) is 0 Å². The normalized spacial score (nSPS) is 16.7. The molecule has 1 saturated carbocycles. The third-order valence-electron chi connectivity index (χ3n) is 3.94. The van der Waals surface area contributed by atoms with Crippen LogP contribution in [0.1, 0.15) is 46.5 Å². The predicted octanol–water partition coefficient (Wildman–Crippen LogP) is 4.01. The van der Waals surface area contributed by atoms with Gasteiger partial charge < -0.3 is 14.8 Å². The van der Waals surface area contributed by atoms with E-state index in [9.17, 15) is 4.79 Å². The van der Waals surface area contributed by atoms with E-state index in [1.54, 1.807) is 0 Å². The Morgan fingerprint density at radius 3 is 2.41 bits per heavy atom. The van der Waals surface area contributed by atoms with Gasteiger partial charge in [0.05, 0.1) is 6.61 Å². The van der Waals surface area contributed by atoms with E-state index in [0.717, 1.165) is 37.1 Å². The van der Waals surface area contributed by atoms with Gasteiger partial charge in [-0.2, -0.15) is 0 Å². The zero-order valence-corrected chi connectivity index (χ0v) is 13.9. The highest BCUT2D eigenvalue weighted by molar-refractivity contribution is 5.97. The Morgan fingerprint density at radius 1 is 1.23 bits per heavy atom. The van der Waals surface area contributed by atoms with Crippen molar-refractivity contribution < 1.29 is 14.3 Å². The van der Waals surface area contributed by atoms with Crippen molar-refractivity contribution in [3.05, 3.63) is 24.3 Å². The summed E-state index contributed by atoms with van der Waals surface area (Å²) < 4.78 is 11.4. The highest BCUT2D eigenvalue weighted by Gasteiger charge is 2.41. The van der Waals surface area contributed by atoms with Gasteiger partial charge in [-0.15, -0.1) is 0 Å². The maximum atomic E-state index is 12.6. The van der Waals surface area contributed by atoms with Gasteiger partial charge in [0.2, 0.25) is 0 Å². The third-order valence-corrected chi connectivity index (χ3v) is 3.94. The fourth-order valence-electron chi connectivity index (χ4n) is 2.80. The van der Waals surface area contributed by atoms with Crippen LogP contribution in [0.5, 0.6) is 5.75 Å². The van der Waals surface area contributed by atoms with Crippen LogP contribution in [0, 0.1) is 5.92 Å².